The van der Waals surface area contributed by atoms with E-state index < -0.39 is 0 Å². The number of hydrogen-bond acceptors (Lipinski definition) is 2. The summed E-state index contributed by atoms with van der Waals surface area (Å²) in [5, 5.41) is 8.90. The van der Waals surface area contributed by atoms with Crippen LogP contribution in [0.3, 0.4) is 0 Å². The minimum atomic E-state index is 0.300. The number of hydrogen-bond donors (Lipinski definition) is 2. The Bertz CT molecular complexity index is 142. The van der Waals surface area contributed by atoms with Gasteiger partial charge in [-0.15, -0.1) is 0 Å². The third-order valence-corrected chi connectivity index (χ3v) is 2.24. The largest absolute Gasteiger partial charge is 0.396 e. The lowest BCUT2D eigenvalue weighted by Crippen LogP contribution is -2.10. The fourth-order valence-electron chi connectivity index (χ4n) is 1.63. The van der Waals surface area contributed by atoms with Gasteiger partial charge in [0, 0.05) is 12.5 Å². The maximum absolute atomic E-state index is 8.90. The second kappa shape index (κ2) is 4.52. The van der Waals surface area contributed by atoms with Crippen molar-refractivity contribution in [2.24, 2.45) is 11.7 Å². The van der Waals surface area contributed by atoms with Gasteiger partial charge in [-0.1, -0.05) is 11.6 Å². The van der Waals surface area contributed by atoms with E-state index in [4.69, 9.17) is 10.8 Å². The van der Waals surface area contributed by atoms with Crippen LogP contribution in [-0.2, 0) is 0 Å². The van der Waals surface area contributed by atoms with Crippen LogP contribution in [0.5, 0.6) is 0 Å². The van der Waals surface area contributed by atoms with Gasteiger partial charge in [0.15, 0.2) is 0 Å². The van der Waals surface area contributed by atoms with Crippen LogP contribution < -0.4 is 5.73 Å². The summed E-state index contributed by atoms with van der Waals surface area (Å²) in [6.45, 7) is 1.04. The molecule has 11 heavy (non-hydrogen) atoms. The molecular weight excluding hydrogens is 138 g/mol. The Hall–Kier alpha value is -0.340. The monoisotopic (exact) mass is 155 g/mol. The van der Waals surface area contributed by atoms with E-state index in [1.165, 1.54) is 18.4 Å². The first-order valence-corrected chi connectivity index (χ1v) is 4.37. The zero-order chi connectivity index (χ0) is 8.10. The molecule has 0 spiro atoms. The van der Waals surface area contributed by atoms with Crippen molar-refractivity contribution in [3.8, 4) is 0 Å². The van der Waals surface area contributed by atoms with Crippen LogP contribution in [0.15, 0.2) is 11.6 Å². The van der Waals surface area contributed by atoms with Crippen LogP contribution in [0.1, 0.15) is 25.7 Å². The Labute approximate surface area is 68.1 Å². The highest BCUT2D eigenvalue weighted by molar-refractivity contribution is 5.08. The fraction of sp³-hybridized carbons (Fsp3) is 0.778. The second-order valence-corrected chi connectivity index (χ2v) is 3.20. The van der Waals surface area contributed by atoms with E-state index in [9.17, 15) is 0 Å². The molecule has 0 aromatic carbocycles. The van der Waals surface area contributed by atoms with E-state index in [0.29, 0.717) is 12.5 Å². The molecule has 1 rings (SSSR count). The lowest BCUT2D eigenvalue weighted by molar-refractivity contribution is 0.239. The summed E-state index contributed by atoms with van der Waals surface area (Å²) >= 11 is 0. The first kappa shape index (κ1) is 8.75. The Kier molecular flexibility index (Phi) is 3.60. The lowest BCUT2D eigenvalue weighted by Gasteiger charge is -2.18. The SMILES string of the molecule is NCCC1=CC(CO)CCC1. The lowest BCUT2D eigenvalue weighted by atomic mass is 9.90. The van der Waals surface area contributed by atoms with E-state index >= 15 is 0 Å². The summed E-state index contributed by atoms with van der Waals surface area (Å²) in [6, 6.07) is 0. The molecule has 0 bridgehead atoms. The third kappa shape index (κ3) is 2.64. The van der Waals surface area contributed by atoms with E-state index in [1.807, 2.05) is 0 Å². The van der Waals surface area contributed by atoms with Gasteiger partial charge in [-0.2, -0.15) is 0 Å². The Morgan fingerprint density at radius 3 is 3.09 bits per heavy atom. The van der Waals surface area contributed by atoms with Crippen molar-refractivity contribution >= 4 is 0 Å². The molecule has 0 radical (unpaired) electrons. The molecule has 0 aliphatic heterocycles. The van der Waals surface area contributed by atoms with Crippen molar-refractivity contribution in [2.45, 2.75) is 25.7 Å². The number of rotatable bonds is 3. The molecule has 3 N–H and O–H groups in total. The van der Waals surface area contributed by atoms with Crippen LogP contribution >= 0.6 is 0 Å². The summed E-state index contributed by atoms with van der Waals surface area (Å²) < 4.78 is 0. The van der Waals surface area contributed by atoms with Gasteiger partial charge in [-0.25, -0.2) is 0 Å². The molecule has 0 heterocycles. The van der Waals surface area contributed by atoms with Crippen molar-refractivity contribution in [1.82, 2.24) is 0 Å². The zero-order valence-corrected chi connectivity index (χ0v) is 6.92. The predicted octanol–water partition coefficient (Wildman–Crippen LogP) is 1.05. The maximum atomic E-state index is 8.90. The van der Waals surface area contributed by atoms with Gasteiger partial charge in [-0.05, 0) is 32.2 Å². The molecule has 1 atom stereocenters. The van der Waals surface area contributed by atoms with E-state index in [-0.39, 0.29) is 0 Å². The summed E-state index contributed by atoms with van der Waals surface area (Å²) in [5.74, 6) is 0.408. The van der Waals surface area contributed by atoms with Crippen molar-refractivity contribution in [2.75, 3.05) is 13.2 Å². The van der Waals surface area contributed by atoms with Gasteiger partial charge >= 0.3 is 0 Å². The summed E-state index contributed by atoms with van der Waals surface area (Å²) in [5.41, 5.74) is 6.89. The molecule has 0 aromatic heterocycles. The molecule has 0 fully saturated rings. The van der Waals surface area contributed by atoms with Gasteiger partial charge in [0.1, 0.15) is 0 Å². The molecule has 1 unspecified atom stereocenters. The molecule has 0 aromatic rings. The van der Waals surface area contributed by atoms with Gasteiger partial charge in [-0.3, -0.25) is 0 Å². The summed E-state index contributed by atoms with van der Waals surface area (Å²) in [6.07, 6.45) is 6.77. The van der Waals surface area contributed by atoms with Crippen LogP contribution in [0.25, 0.3) is 0 Å². The molecular formula is C9H17NO. The first-order valence-electron chi connectivity index (χ1n) is 4.37. The first-order chi connectivity index (χ1) is 5.36. The predicted molar refractivity (Wildman–Crippen MR) is 46.2 cm³/mol. The van der Waals surface area contributed by atoms with Gasteiger partial charge in [0.05, 0.1) is 0 Å². The summed E-state index contributed by atoms with van der Waals surface area (Å²) in [7, 11) is 0. The number of aliphatic hydroxyl groups excluding tert-OH is 1. The molecule has 2 nitrogen and oxygen atoms in total. The smallest absolute Gasteiger partial charge is 0.0493 e. The quantitative estimate of drug-likeness (QED) is 0.598. The molecule has 2 heteroatoms. The van der Waals surface area contributed by atoms with Gasteiger partial charge < -0.3 is 10.8 Å². The second-order valence-electron chi connectivity index (χ2n) is 3.20. The van der Waals surface area contributed by atoms with Crippen molar-refractivity contribution in [3.05, 3.63) is 11.6 Å². The molecule has 0 amide bonds. The molecule has 64 valence electrons. The van der Waals surface area contributed by atoms with Crippen LogP contribution in [0.4, 0.5) is 0 Å². The highest BCUT2D eigenvalue weighted by atomic mass is 16.3. The minimum Gasteiger partial charge on any atom is -0.396 e. The minimum absolute atomic E-state index is 0.300. The standard InChI is InChI=1S/C9H17NO/c10-5-4-8-2-1-3-9(6-8)7-11/h6,9,11H,1-5,7,10H2. The van der Waals surface area contributed by atoms with Crippen LogP contribution in [0.2, 0.25) is 0 Å². The fourth-order valence-corrected chi connectivity index (χ4v) is 1.63. The Morgan fingerprint density at radius 1 is 1.64 bits per heavy atom. The van der Waals surface area contributed by atoms with Crippen molar-refractivity contribution in [3.63, 3.8) is 0 Å². The van der Waals surface area contributed by atoms with E-state index in [0.717, 1.165) is 19.4 Å². The normalized spacial score (nSPS) is 24.9. The van der Waals surface area contributed by atoms with Crippen molar-refractivity contribution in [1.29, 1.82) is 0 Å². The summed E-state index contributed by atoms with van der Waals surface area (Å²) in [4.78, 5) is 0. The van der Waals surface area contributed by atoms with Crippen LogP contribution in [-0.4, -0.2) is 18.3 Å². The molecule has 0 saturated carbocycles. The van der Waals surface area contributed by atoms with Gasteiger partial charge in [0.2, 0.25) is 0 Å². The molecule has 0 saturated heterocycles. The maximum Gasteiger partial charge on any atom is 0.0493 e. The van der Waals surface area contributed by atoms with E-state index in [2.05, 4.69) is 6.08 Å². The average molecular weight is 155 g/mol. The van der Waals surface area contributed by atoms with Gasteiger partial charge in [0.25, 0.3) is 0 Å². The highest BCUT2D eigenvalue weighted by Crippen LogP contribution is 2.23. The van der Waals surface area contributed by atoms with Crippen LogP contribution in [0, 0.1) is 5.92 Å². The number of aliphatic hydroxyl groups is 1. The average Bonchev–Trinajstić information content (AvgIpc) is 2.06. The highest BCUT2D eigenvalue weighted by Gasteiger charge is 2.11. The topological polar surface area (TPSA) is 46.2 Å². The molecule has 1 aliphatic rings. The third-order valence-electron chi connectivity index (χ3n) is 2.24. The Morgan fingerprint density at radius 2 is 2.45 bits per heavy atom. The zero-order valence-electron chi connectivity index (χ0n) is 6.92. The van der Waals surface area contributed by atoms with E-state index in [1.54, 1.807) is 0 Å². The number of nitrogens with two attached hydrogens (primary N) is 1. The van der Waals surface area contributed by atoms with Crippen molar-refractivity contribution < 1.29 is 5.11 Å². The Balaban J connectivity index is 2.43. The molecule has 1 aliphatic carbocycles.